The van der Waals surface area contributed by atoms with Gasteiger partial charge >= 0.3 is 5.69 Å². The summed E-state index contributed by atoms with van der Waals surface area (Å²) in [6.45, 7) is 0.295. The predicted octanol–water partition coefficient (Wildman–Crippen LogP) is 1.87. The molecule has 0 atom stereocenters. The SMILES string of the molecule is N#Cc1cccc(NCc2cccnn2)c1[N+](=O)[O-]. The summed E-state index contributed by atoms with van der Waals surface area (Å²) in [4.78, 5) is 10.4. The molecule has 0 aliphatic rings. The fourth-order valence-electron chi connectivity index (χ4n) is 1.59. The van der Waals surface area contributed by atoms with Crippen LogP contribution in [0.15, 0.2) is 36.5 Å². The molecule has 7 heteroatoms. The number of nitro groups is 1. The van der Waals surface area contributed by atoms with Gasteiger partial charge in [-0.05, 0) is 24.3 Å². The Hall–Kier alpha value is -3.01. The molecule has 0 aliphatic heterocycles. The molecule has 19 heavy (non-hydrogen) atoms. The van der Waals surface area contributed by atoms with Gasteiger partial charge in [0, 0.05) is 6.20 Å². The number of aromatic nitrogens is 2. The van der Waals surface area contributed by atoms with E-state index in [4.69, 9.17) is 5.26 Å². The van der Waals surface area contributed by atoms with Crippen molar-refractivity contribution < 1.29 is 4.92 Å². The summed E-state index contributed by atoms with van der Waals surface area (Å²) in [5.74, 6) is 0. The average molecular weight is 255 g/mol. The maximum Gasteiger partial charge on any atom is 0.309 e. The van der Waals surface area contributed by atoms with Crippen LogP contribution in [0.5, 0.6) is 0 Å². The Labute approximate surface area is 108 Å². The van der Waals surface area contributed by atoms with Gasteiger partial charge in [-0.15, -0.1) is 0 Å². The van der Waals surface area contributed by atoms with E-state index in [1.54, 1.807) is 36.5 Å². The van der Waals surface area contributed by atoms with Crippen LogP contribution in [0.1, 0.15) is 11.3 Å². The van der Waals surface area contributed by atoms with Crippen LogP contribution in [0.2, 0.25) is 0 Å². The van der Waals surface area contributed by atoms with E-state index in [0.717, 1.165) is 0 Å². The number of hydrogen-bond donors (Lipinski definition) is 1. The van der Waals surface area contributed by atoms with Crippen LogP contribution in [-0.4, -0.2) is 15.1 Å². The molecule has 0 spiro atoms. The van der Waals surface area contributed by atoms with Crippen molar-refractivity contribution in [2.45, 2.75) is 6.54 Å². The van der Waals surface area contributed by atoms with Gasteiger partial charge in [0.05, 0.1) is 17.2 Å². The van der Waals surface area contributed by atoms with Crippen molar-refractivity contribution in [3.63, 3.8) is 0 Å². The number of nitrogens with one attached hydrogen (secondary N) is 1. The molecule has 0 amide bonds. The molecule has 0 fully saturated rings. The van der Waals surface area contributed by atoms with Crippen LogP contribution < -0.4 is 5.32 Å². The molecule has 0 aliphatic carbocycles. The molecule has 0 saturated carbocycles. The van der Waals surface area contributed by atoms with Crippen molar-refractivity contribution in [1.82, 2.24) is 10.2 Å². The van der Waals surface area contributed by atoms with E-state index in [1.165, 1.54) is 6.07 Å². The normalized spacial score (nSPS) is 9.63. The van der Waals surface area contributed by atoms with E-state index in [2.05, 4.69) is 15.5 Å². The summed E-state index contributed by atoms with van der Waals surface area (Å²) >= 11 is 0. The third-order valence-electron chi connectivity index (χ3n) is 2.43. The zero-order chi connectivity index (χ0) is 13.7. The van der Waals surface area contributed by atoms with Crippen LogP contribution in [-0.2, 0) is 6.54 Å². The molecule has 2 aromatic rings. The molecule has 0 bridgehead atoms. The standard InChI is InChI=1S/C12H9N5O2/c13-7-9-3-1-5-11(12(9)17(18)19)14-8-10-4-2-6-15-16-10/h1-6,14H,8H2. The van der Waals surface area contributed by atoms with Gasteiger partial charge in [0.15, 0.2) is 0 Å². The van der Waals surface area contributed by atoms with E-state index in [-0.39, 0.29) is 16.9 Å². The highest BCUT2D eigenvalue weighted by Crippen LogP contribution is 2.28. The summed E-state index contributed by atoms with van der Waals surface area (Å²) in [7, 11) is 0. The lowest BCUT2D eigenvalue weighted by Crippen LogP contribution is -2.05. The molecule has 0 unspecified atom stereocenters. The van der Waals surface area contributed by atoms with Crippen molar-refractivity contribution in [2.24, 2.45) is 0 Å². The number of nitrogens with zero attached hydrogens (tertiary/aromatic N) is 4. The van der Waals surface area contributed by atoms with Gasteiger partial charge in [-0.1, -0.05) is 6.07 Å². The van der Waals surface area contributed by atoms with Gasteiger partial charge in [0.2, 0.25) is 0 Å². The summed E-state index contributed by atoms with van der Waals surface area (Å²) in [5, 5.41) is 30.3. The van der Waals surface area contributed by atoms with Crippen LogP contribution in [0, 0.1) is 21.4 Å². The van der Waals surface area contributed by atoms with Gasteiger partial charge < -0.3 is 5.32 Å². The molecular formula is C12H9N5O2. The van der Waals surface area contributed by atoms with E-state index in [0.29, 0.717) is 12.2 Å². The molecule has 1 aromatic heterocycles. The van der Waals surface area contributed by atoms with Gasteiger partial charge in [0.25, 0.3) is 0 Å². The Bertz CT molecular complexity index is 636. The first-order chi connectivity index (χ1) is 9.22. The fraction of sp³-hybridized carbons (Fsp3) is 0.0833. The number of nitro benzene ring substituents is 1. The number of anilines is 1. The second-order valence-corrected chi connectivity index (χ2v) is 3.64. The first-order valence-electron chi connectivity index (χ1n) is 5.40. The Morgan fingerprint density at radius 3 is 2.84 bits per heavy atom. The number of hydrogen-bond acceptors (Lipinski definition) is 6. The molecule has 2 rings (SSSR count). The lowest BCUT2D eigenvalue weighted by atomic mass is 10.1. The smallest absolute Gasteiger partial charge is 0.309 e. The second kappa shape index (κ2) is 5.55. The minimum atomic E-state index is -0.572. The zero-order valence-electron chi connectivity index (χ0n) is 9.78. The van der Waals surface area contributed by atoms with Gasteiger partial charge in [-0.2, -0.15) is 15.5 Å². The van der Waals surface area contributed by atoms with Crippen LogP contribution in [0.3, 0.4) is 0 Å². The first kappa shape index (κ1) is 12.4. The predicted molar refractivity (Wildman–Crippen MR) is 67.2 cm³/mol. The minimum Gasteiger partial charge on any atom is -0.374 e. The van der Waals surface area contributed by atoms with Crippen molar-refractivity contribution in [1.29, 1.82) is 5.26 Å². The van der Waals surface area contributed by atoms with E-state index >= 15 is 0 Å². The highest BCUT2D eigenvalue weighted by Gasteiger charge is 2.19. The molecule has 0 saturated heterocycles. The number of benzene rings is 1. The molecular weight excluding hydrogens is 246 g/mol. The molecule has 1 heterocycles. The van der Waals surface area contributed by atoms with E-state index in [9.17, 15) is 10.1 Å². The summed E-state index contributed by atoms with van der Waals surface area (Å²) in [5.41, 5.74) is 0.733. The van der Waals surface area contributed by atoms with Crippen LogP contribution in [0.25, 0.3) is 0 Å². The monoisotopic (exact) mass is 255 g/mol. The largest absolute Gasteiger partial charge is 0.374 e. The molecule has 94 valence electrons. The molecule has 0 radical (unpaired) electrons. The average Bonchev–Trinajstić information content (AvgIpc) is 2.45. The van der Waals surface area contributed by atoms with E-state index < -0.39 is 4.92 Å². The van der Waals surface area contributed by atoms with Crippen LogP contribution >= 0.6 is 0 Å². The lowest BCUT2D eigenvalue weighted by Gasteiger charge is -2.06. The number of para-hydroxylation sites is 1. The summed E-state index contributed by atoms with van der Waals surface area (Å²) in [6.07, 6.45) is 1.54. The highest BCUT2D eigenvalue weighted by atomic mass is 16.6. The third kappa shape index (κ3) is 2.81. The topological polar surface area (TPSA) is 105 Å². The number of rotatable bonds is 4. The van der Waals surface area contributed by atoms with Crippen LogP contribution in [0.4, 0.5) is 11.4 Å². The summed E-state index contributed by atoms with van der Waals surface area (Å²) in [6, 6.07) is 9.83. The van der Waals surface area contributed by atoms with Gasteiger partial charge in [-0.3, -0.25) is 10.1 Å². The second-order valence-electron chi connectivity index (χ2n) is 3.64. The van der Waals surface area contributed by atoms with Crippen molar-refractivity contribution in [3.8, 4) is 6.07 Å². The minimum absolute atomic E-state index is 0.0224. The third-order valence-corrected chi connectivity index (χ3v) is 2.43. The maximum atomic E-state index is 11.0. The van der Waals surface area contributed by atoms with Gasteiger partial charge in [-0.25, -0.2) is 0 Å². The van der Waals surface area contributed by atoms with E-state index in [1.807, 2.05) is 0 Å². The Kier molecular flexibility index (Phi) is 3.64. The maximum absolute atomic E-state index is 11.0. The molecule has 7 nitrogen and oxygen atoms in total. The zero-order valence-corrected chi connectivity index (χ0v) is 9.78. The Morgan fingerprint density at radius 1 is 1.37 bits per heavy atom. The lowest BCUT2D eigenvalue weighted by molar-refractivity contribution is -0.384. The molecule has 1 N–H and O–H groups in total. The fourth-order valence-corrected chi connectivity index (χ4v) is 1.59. The Morgan fingerprint density at radius 2 is 2.21 bits per heavy atom. The Balaban J connectivity index is 2.26. The highest BCUT2D eigenvalue weighted by molar-refractivity contribution is 5.68. The number of nitriles is 1. The van der Waals surface area contributed by atoms with Crippen molar-refractivity contribution in [3.05, 3.63) is 57.9 Å². The quantitative estimate of drug-likeness (QED) is 0.660. The van der Waals surface area contributed by atoms with Crippen molar-refractivity contribution >= 4 is 11.4 Å². The van der Waals surface area contributed by atoms with Crippen molar-refractivity contribution in [2.75, 3.05) is 5.32 Å². The summed E-state index contributed by atoms with van der Waals surface area (Å²) < 4.78 is 0. The first-order valence-corrected chi connectivity index (χ1v) is 5.40. The molecule has 1 aromatic carbocycles. The van der Waals surface area contributed by atoms with Gasteiger partial charge in [0.1, 0.15) is 17.3 Å².